The number of aliphatic hydroxyl groups excluding tert-OH is 1. The molecule has 2 heterocycles. The Morgan fingerprint density at radius 2 is 2.26 bits per heavy atom. The van der Waals surface area contributed by atoms with E-state index in [-0.39, 0.29) is 12.6 Å². The lowest BCUT2D eigenvalue weighted by Crippen LogP contribution is -2.43. The zero-order chi connectivity index (χ0) is 13.2. The molecule has 4 nitrogen and oxygen atoms in total. The van der Waals surface area contributed by atoms with Crippen LogP contribution in [-0.4, -0.2) is 29.3 Å². The fourth-order valence-electron chi connectivity index (χ4n) is 3.23. The van der Waals surface area contributed by atoms with Gasteiger partial charge in [-0.2, -0.15) is 5.26 Å². The minimum atomic E-state index is 0.118. The third-order valence-corrected chi connectivity index (χ3v) is 4.26. The topological polar surface area (TPSA) is 60.2 Å². The van der Waals surface area contributed by atoms with Gasteiger partial charge in [-0.15, -0.1) is 0 Å². The molecule has 0 spiro atoms. The smallest absolute Gasteiger partial charge is 0.147 e. The molecule has 1 aliphatic carbocycles. The number of nitriles is 1. The van der Waals surface area contributed by atoms with Crippen molar-refractivity contribution in [1.29, 1.82) is 5.26 Å². The van der Waals surface area contributed by atoms with E-state index in [1.54, 1.807) is 0 Å². The number of piperidine rings is 1. The number of fused-ring (bicyclic) bond motifs is 1. The normalized spacial score (nSPS) is 22.1. The first kappa shape index (κ1) is 12.4. The van der Waals surface area contributed by atoms with Crippen molar-refractivity contribution in [3.8, 4) is 6.07 Å². The Balaban J connectivity index is 2.01. The van der Waals surface area contributed by atoms with Crippen LogP contribution in [0.2, 0.25) is 0 Å². The van der Waals surface area contributed by atoms with Gasteiger partial charge in [-0.3, -0.25) is 0 Å². The number of aromatic nitrogens is 1. The van der Waals surface area contributed by atoms with E-state index in [9.17, 15) is 10.4 Å². The number of aliphatic hydroxyl groups is 1. The molecule has 0 amide bonds. The SMILES string of the molecule is N#Cc1cc2c(nc1N1CCCCC1CO)CCC2. The van der Waals surface area contributed by atoms with E-state index in [4.69, 9.17) is 4.98 Å². The average molecular weight is 257 g/mol. The molecule has 1 saturated heterocycles. The second-order valence-electron chi connectivity index (χ2n) is 5.46. The Morgan fingerprint density at radius 3 is 3.05 bits per heavy atom. The summed E-state index contributed by atoms with van der Waals surface area (Å²) in [6, 6.07) is 4.41. The lowest BCUT2D eigenvalue weighted by atomic mass is 10.0. The van der Waals surface area contributed by atoms with Crippen molar-refractivity contribution in [3.63, 3.8) is 0 Å². The summed E-state index contributed by atoms with van der Waals surface area (Å²) in [7, 11) is 0. The molecule has 4 heteroatoms. The predicted molar refractivity (Wildman–Crippen MR) is 73.0 cm³/mol. The lowest BCUT2D eigenvalue weighted by Gasteiger charge is -2.36. The van der Waals surface area contributed by atoms with Gasteiger partial charge in [-0.25, -0.2) is 4.98 Å². The summed E-state index contributed by atoms with van der Waals surface area (Å²) < 4.78 is 0. The summed E-state index contributed by atoms with van der Waals surface area (Å²) in [6.07, 6.45) is 6.45. The largest absolute Gasteiger partial charge is 0.394 e. The summed E-state index contributed by atoms with van der Waals surface area (Å²) in [5.41, 5.74) is 3.05. The van der Waals surface area contributed by atoms with Gasteiger partial charge in [0.25, 0.3) is 0 Å². The molecule has 1 N–H and O–H groups in total. The molecule has 1 fully saturated rings. The van der Waals surface area contributed by atoms with Crippen molar-refractivity contribution in [2.45, 2.75) is 44.6 Å². The van der Waals surface area contributed by atoms with Gasteiger partial charge in [0.05, 0.1) is 18.2 Å². The van der Waals surface area contributed by atoms with Gasteiger partial charge >= 0.3 is 0 Å². The summed E-state index contributed by atoms with van der Waals surface area (Å²) in [6.45, 7) is 1.04. The monoisotopic (exact) mass is 257 g/mol. The van der Waals surface area contributed by atoms with Gasteiger partial charge in [0, 0.05) is 12.2 Å². The maximum absolute atomic E-state index is 9.53. The molecule has 1 aromatic rings. The number of rotatable bonds is 2. The maximum Gasteiger partial charge on any atom is 0.147 e. The first-order valence-electron chi connectivity index (χ1n) is 7.14. The number of aryl methyl sites for hydroxylation is 2. The molecule has 1 aliphatic heterocycles. The second kappa shape index (κ2) is 5.18. The fraction of sp³-hybridized carbons (Fsp3) is 0.600. The Bertz CT molecular complexity index is 521. The number of hydrogen-bond acceptors (Lipinski definition) is 4. The van der Waals surface area contributed by atoms with Crippen LogP contribution in [0.25, 0.3) is 0 Å². The summed E-state index contributed by atoms with van der Waals surface area (Å²) in [5.74, 6) is 0.793. The Hall–Kier alpha value is -1.60. The number of hydrogen-bond donors (Lipinski definition) is 1. The number of pyridine rings is 1. The van der Waals surface area contributed by atoms with Crippen LogP contribution >= 0.6 is 0 Å². The number of nitrogens with zero attached hydrogens (tertiary/aromatic N) is 3. The molecule has 1 unspecified atom stereocenters. The second-order valence-corrected chi connectivity index (χ2v) is 5.46. The maximum atomic E-state index is 9.53. The molecule has 2 aliphatic rings. The highest BCUT2D eigenvalue weighted by Gasteiger charge is 2.27. The van der Waals surface area contributed by atoms with Crippen molar-refractivity contribution < 1.29 is 5.11 Å². The molecule has 1 aromatic heterocycles. The van der Waals surface area contributed by atoms with E-state index in [0.29, 0.717) is 5.56 Å². The molecule has 0 aromatic carbocycles. The average Bonchev–Trinajstić information content (AvgIpc) is 2.93. The van der Waals surface area contributed by atoms with E-state index < -0.39 is 0 Å². The van der Waals surface area contributed by atoms with E-state index >= 15 is 0 Å². The quantitative estimate of drug-likeness (QED) is 0.877. The van der Waals surface area contributed by atoms with Crippen LogP contribution in [0.5, 0.6) is 0 Å². The molecule has 0 saturated carbocycles. The first-order valence-corrected chi connectivity index (χ1v) is 7.14. The van der Waals surface area contributed by atoms with Crippen LogP contribution in [0, 0.1) is 11.3 Å². The fourth-order valence-corrected chi connectivity index (χ4v) is 3.23. The van der Waals surface area contributed by atoms with E-state index in [1.807, 2.05) is 6.07 Å². The summed E-state index contributed by atoms with van der Waals surface area (Å²) in [5, 5.41) is 18.9. The van der Waals surface area contributed by atoms with E-state index in [0.717, 1.165) is 56.6 Å². The standard InChI is InChI=1S/C15H19N3O/c16-9-12-8-11-4-3-6-14(11)17-15(12)18-7-2-1-5-13(18)10-19/h8,13,19H,1-7,10H2. The van der Waals surface area contributed by atoms with Crippen molar-refractivity contribution in [2.24, 2.45) is 0 Å². The van der Waals surface area contributed by atoms with Crippen LogP contribution in [0.1, 0.15) is 42.5 Å². The molecule has 100 valence electrons. The summed E-state index contributed by atoms with van der Waals surface area (Å²) in [4.78, 5) is 6.88. The highest BCUT2D eigenvalue weighted by atomic mass is 16.3. The third kappa shape index (κ3) is 2.19. The predicted octanol–water partition coefficient (Wildman–Crippen LogP) is 1.79. The van der Waals surface area contributed by atoms with Gasteiger partial charge in [0.2, 0.25) is 0 Å². The molecule has 3 rings (SSSR count). The van der Waals surface area contributed by atoms with Crippen molar-refractivity contribution in [1.82, 2.24) is 4.98 Å². The molecular weight excluding hydrogens is 238 g/mol. The van der Waals surface area contributed by atoms with Crippen molar-refractivity contribution >= 4 is 5.82 Å². The number of anilines is 1. The minimum Gasteiger partial charge on any atom is -0.394 e. The Kier molecular flexibility index (Phi) is 3.39. The van der Waals surface area contributed by atoms with Gasteiger partial charge in [-0.1, -0.05) is 0 Å². The zero-order valence-corrected chi connectivity index (χ0v) is 11.1. The molecule has 0 radical (unpaired) electrons. The van der Waals surface area contributed by atoms with Crippen molar-refractivity contribution in [2.75, 3.05) is 18.1 Å². The van der Waals surface area contributed by atoms with Crippen LogP contribution < -0.4 is 4.90 Å². The molecule has 0 bridgehead atoms. The van der Waals surface area contributed by atoms with Crippen LogP contribution in [0.15, 0.2) is 6.07 Å². The van der Waals surface area contributed by atoms with Gasteiger partial charge in [0.1, 0.15) is 11.9 Å². The highest BCUT2D eigenvalue weighted by molar-refractivity contribution is 5.57. The van der Waals surface area contributed by atoms with Crippen LogP contribution in [0.4, 0.5) is 5.82 Å². The zero-order valence-electron chi connectivity index (χ0n) is 11.1. The third-order valence-electron chi connectivity index (χ3n) is 4.26. The van der Waals surface area contributed by atoms with E-state index in [2.05, 4.69) is 11.0 Å². The Morgan fingerprint density at radius 1 is 1.37 bits per heavy atom. The van der Waals surface area contributed by atoms with Crippen LogP contribution in [-0.2, 0) is 12.8 Å². The van der Waals surface area contributed by atoms with Gasteiger partial charge in [-0.05, 0) is 50.2 Å². The molecule has 19 heavy (non-hydrogen) atoms. The van der Waals surface area contributed by atoms with Gasteiger partial charge in [0.15, 0.2) is 0 Å². The van der Waals surface area contributed by atoms with Gasteiger partial charge < -0.3 is 10.0 Å². The lowest BCUT2D eigenvalue weighted by molar-refractivity contribution is 0.239. The highest BCUT2D eigenvalue weighted by Crippen LogP contribution is 2.30. The van der Waals surface area contributed by atoms with Crippen LogP contribution in [0.3, 0.4) is 0 Å². The molecule has 1 atom stereocenters. The summed E-state index contributed by atoms with van der Waals surface area (Å²) >= 11 is 0. The first-order chi connectivity index (χ1) is 9.33. The Labute approximate surface area is 113 Å². The minimum absolute atomic E-state index is 0.118. The van der Waals surface area contributed by atoms with E-state index in [1.165, 1.54) is 5.56 Å². The van der Waals surface area contributed by atoms with Crippen molar-refractivity contribution in [3.05, 3.63) is 22.9 Å². The molecular formula is C15H19N3O.